The lowest BCUT2D eigenvalue weighted by Crippen LogP contribution is -2.33. The van der Waals surface area contributed by atoms with Crippen molar-refractivity contribution >= 4 is 17.0 Å². The van der Waals surface area contributed by atoms with Crippen molar-refractivity contribution < 1.29 is 17.9 Å². The van der Waals surface area contributed by atoms with Gasteiger partial charge in [-0.1, -0.05) is 36.4 Å². The second kappa shape index (κ2) is 6.38. The standard InChI is InChI=1S/C21H15F3N2OS/c22-21(23,24)14-6-3-5-13(11-14)20-26-17(15-7-1-2-8-18(15)27-20)12-16(25-26)19-9-4-10-28-19/h1-11,17,20H,12H2/t17-,20+/m0/s1. The number of para-hydroxylation sites is 1. The summed E-state index contributed by atoms with van der Waals surface area (Å²) in [4.78, 5) is 1.06. The molecule has 0 saturated carbocycles. The Morgan fingerprint density at radius 3 is 2.68 bits per heavy atom. The molecule has 0 N–H and O–H groups in total. The second-order valence-electron chi connectivity index (χ2n) is 6.76. The van der Waals surface area contributed by atoms with Gasteiger partial charge in [-0.25, -0.2) is 5.01 Å². The maximum absolute atomic E-state index is 13.2. The van der Waals surface area contributed by atoms with Crippen molar-refractivity contribution in [3.8, 4) is 5.75 Å². The Bertz CT molecular complexity index is 1050. The number of halogens is 3. The van der Waals surface area contributed by atoms with Crippen LogP contribution in [0.3, 0.4) is 0 Å². The highest BCUT2D eigenvalue weighted by atomic mass is 32.1. The number of nitrogens with zero attached hydrogens (tertiary/aromatic N) is 2. The Balaban J connectivity index is 1.60. The molecule has 142 valence electrons. The Morgan fingerprint density at radius 1 is 1.04 bits per heavy atom. The molecule has 0 saturated heterocycles. The summed E-state index contributed by atoms with van der Waals surface area (Å²) in [6.07, 6.45) is -4.42. The zero-order chi connectivity index (χ0) is 19.3. The number of alkyl halides is 3. The zero-order valence-corrected chi connectivity index (χ0v) is 15.4. The van der Waals surface area contributed by atoms with Gasteiger partial charge in [0.1, 0.15) is 5.75 Å². The molecule has 0 bridgehead atoms. The lowest BCUT2D eigenvalue weighted by molar-refractivity contribution is -0.137. The van der Waals surface area contributed by atoms with E-state index < -0.39 is 18.0 Å². The molecular weight excluding hydrogens is 385 g/mol. The highest BCUT2D eigenvalue weighted by Gasteiger charge is 2.41. The van der Waals surface area contributed by atoms with E-state index in [-0.39, 0.29) is 6.04 Å². The summed E-state index contributed by atoms with van der Waals surface area (Å²) in [5.74, 6) is 0.689. The fourth-order valence-electron chi connectivity index (χ4n) is 3.71. The SMILES string of the molecule is FC(F)(F)c1cccc([C@H]2Oc3ccccc3[C@@H]3CC(c4cccs4)=NN23)c1. The number of hydrogen-bond acceptors (Lipinski definition) is 4. The minimum atomic E-state index is -4.40. The fourth-order valence-corrected chi connectivity index (χ4v) is 4.44. The van der Waals surface area contributed by atoms with E-state index in [0.29, 0.717) is 17.7 Å². The van der Waals surface area contributed by atoms with Crippen LogP contribution in [0.15, 0.2) is 71.1 Å². The quantitative estimate of drug-likeness (QED) is 0.526. The van der Waals surface area contributed by atoms with Crippen LogP contribution < -0.4 is 4.74 Å². The fraction of sp³-hybridized carbons (Fsp3) is 0.190. The van der Waals surface area contributed by atoms with Gasteiger partial charge in [-0.05, 0) is 29.6 Å². The van der Waals surface area contributed by atoms with Crippen molar-refractivity contribution in [1.29, 1.82) is 0 Å². The van der Waals surface area contributed by atoms with Crippen LogP contribution in [0.1, 0.15) is 40.3 Å². The van der Waals surface area contributed by atoms with E-state index in [1.54, 1.807) is 22.4 Å². The summed E-state index contributed by atoms with van der Waals surface area (Å²) >= 11 is 1.60. The van der Waals surface area contributed by atoms with Crippen LogP contribution in [0, 0.1) is 0 Å². The van der Waals surface area contributed by atoms with Gasteiger partial charge < -0.3 is 4.74 Å². The highest BCUT2D eigenvalue weighted by Crippen LogP contribution is 2.48. The summed E-state index contributed by atoms with van der Waals surface area (Å²) < 4.78 is 45.7. The number of hydrogen-bond donors (Lipinski definition) is 0. The van der Waals surface area contributed by atoms with E-state index in [1.807, 2.05) is 41.8 Å². The van der Waals surface area contributed by atoms with E-state index in [2.05, 4.69) is 0 Å². The van der Waals surface area contributed by atoms with Crippen LogP contribution >= 0.6 is 11.3 Å². The van der Waals surface area contributed by atoms with Crippen molar-refractivity contribution in [2.24, 2.45) is 5.10 Å². The number of fused-ring (bicyclic) bond motifs is 3. The smallest absolute Gasteiger partial charge is 0.416 e. The molecule has 0 aliphatic carbocycles. The first-order valence-corrected chi connectivity index (χ1v) is 9.71. The van der Waals surface area contributed by atoms with Crippen LogP contribution in [0.4, 0.5) is 13.2 Å². The van der Waals surface area contributed by atoms with Crippen LogP contribution in [0.5, 0.6) is 5.75 Å². The first-order valence-electron chi connectivity index (χ1n) is 8.83. The Morgan fingerprint density at radius 2 is 1.89 bits per heavy atom. The molecule has 2 aromatic carbocycles. The molecule has 0 radical (unpaired) electrons. The summed E-state index contributed by atoms with van der Waals surface area (Å²) in [6.45, 7) is 0. The van der Waals surface area contributed by atoms with Crippen molar-refractivity contribution in [3.63, 3.8) is 0 Å². The predicted octanol–water partition coefficient (Wildman–Crippen LogP) is 6.01. The molecule has 3 heterocycles. The molecule has 3 aromatic rings. The molecule has 2 aliphatic rings. The molecule has 3 nitrogen and oxygen atoms in total. The van der Waals surface area contributed by atoms with Crippen molar-refractivity contribution in [2.45, 2.75) is 24.9 Å². The molecule has 7 heteroatoms. The summed E-state index contributed by atoms with van der Waals surface area (Å²) in [6, 6.07) is 16.8. The molecule has 2 atom stereocenters. The minimum Gasteiger partial charge on any atom is -0.464 e. The third-order valence-electron chi connectivity index (χ3n) is 5.00. The average molecular weight is 400 g/mol. The molecule has 0 unspecified atom stereocenters. The Kier molecular flexibility index (Phi) is 3.94. The van der Waals surface area contributed by atoms with Gasteiger partial charge in [0.25, 0.3) is 0 Å². The van der Waals surface area contributed by atoms with Crippen LogP contribution in [-0.2, 0) is 6.18 Å². The number of hydrazone groups is 1. The number of thiophene rings is 1. The summed E-state index contributed by atoms with van der Waals surface area (Å²) in [5.41, 5.74) is 1.68. The zero-order valence-electron chi connectivity index (χ0n) is 14.6. The molecule has 28 heavy (non-hydrogen) atoms. The average Bonchev–Trinajstić information content (AvgIpc) is 3.36. The molecule has 2 aliphatic heterocycles. The van der Waals surface area contributed by atoms with Gasteiger partial charge in [-0.15, -0.1) is 11.3 Å². The summed E-state index contributed by atoms with van der Waals surface area (Å²) in [5, 5.41) is 8.54. The maximum atomic E-state index is 13.2. The third kappa shape index (κ3) is 2.86. The molecular formula is C21H15F3N2OS. The lowest BCUT2D eigenvalue weighted by Gasteiger charge is -2.38. The van der Waals surface area contributed by atoms with Crippen LogP contribution in [0.25, 0.3) is 0 Å². The van der Waals surface area contributed by atoms with E-state index in [4.69, 9.17) is 9.84 Å². The molecule has 1 aromatic heterocycles. The van der Waals surface area contributed by atoms with Gasteiger partial charge in [-0.3, -0.25) is 0 Å². The number of rotatable bonds is 2. The molecule has 5 rings (SSSR count). The first kappa shape index (κ1) is 17.3. The van der Waals surface area contributed by atoms with Crippen molar-refractivity contribution in [1.82, 2.24) is 5.01 Å². The van der Waals surface area contributed by atoms with Crippen molar-refractivity contribution in [3.05, 3.63) is 87.6 Å². The van der Waals surface area contributed by atoms with Gasteiger partial charge in [-0.2, -0.15) is 18.3 Å². The van der Waals surface area contributed by atoms with E-state index in [1.165, 1.54) is 6.07 Å². The minimum absolute atomic E-state index is 0.0680. The Labute approximate surface area is 163 Å². The van der Waals surface area contributed by atoms with E-state index in [9.17, 15) is 13.2 Å². The first-order chi connectivity index (χ1) is 13.5. The van der Waals surface area contributed by atoms with Gasteiger partial charge in [0, 0.05) is 17.5 Å². The van der Waals surface area contributed by atoms with E-state index in [0.717, 1.165) is 28.3 Å². The van der Waals surface area contributed by atoms with Gasteiger partial charge >= 0.3 is 6.18 Å². The molecule has 0 spiro atoms. The molecule has 0 amide bonds. The topological polar surface area (TPSA) is 24.8 Å². The van der Waals surface area contributed by atoms with Gasteiger partial charge in [0.2, 0.25) is 6.23 Å². The maximum Gasteiger partial charge on any atom is 0.416 e. The third-order valence-corrected chi connectivity index (χ3v) is 5.92. The number of benzene rings is 2. The monoisotopic (exact) mass is 400 g/mol. The van der Waals surface area contributed by atoms with Crippen LogP contribution in [0.2, 0.25) is 0 Å². The second-order valence-corrected chi connectivity index (χ2v) is 7.70. The normalized spacial score (nSPS) is 21.0. The van der Waals surface area contributed by atoms with Crippen LogP contribution in [-0.4, -0.2) is 10.7 Å². The van der Waals surface area contributed by atoms with E-state index >= 15 is 0 Å². The van der Waals surface area contributed by atoms with Gasteiger partial charge in [0.05, 0.1) is 22.2 Å². The molecule has 0 fully saturated rings. The predicted molar refractivity (Wildman–Crippen MR) is 101 cm³/mol. The number of ether oxygens (including phenoxy) is 1. The largest absolute Gasteiger partial charge is 0.464 e. The van der Waals surface area contributed by atoms with Gasteiger partial charge in [0.15, 0.2) is 0 Å². The Hall–Kier alpha value is -2.80. The van der Waals surface area contributed by atoms with Crippen molar-refractivity contribution in [2.75, 3.05) is 0 Å². The highest BCUT2D eigenvalue weighted by molar-refractivity contribution is 7.12. The summed E-state index contributed by atoms with van der Waals surface area (Å²) in [7, 11) is 0. The lowest BCUT2D eigenvalue weighted by atomic mass is 9.97.